The van der Waals surface area contributed by atoms with Gasteiger partial charge in [0.2, 0.25) is 0 Å². The van der Waals surface area contributed by atoms with Gasteiger partial charge in [0.15, 0.2) is 0 Å². The Kier molecular flexibility index (Phi) is 7.53. The number of hydrogen-bond acceptors (Lipinski definition) is 4. The summed E-state index contributed by atoms with van der Waals surface area (Å²) in [5.74, 6) is -1.27. The number of halogens is 1. The SMILES string of the molecule is CC(Cc1ccc(C(=O)O)cc1F)N(c1ccc2ccc(OCc3ccc4ccccc4n3)cc2c1)S(=O)O. The van der Waals surface area contributed by atoms with Crippen LogP contribution < -0.4 is 9.04 Å². The zero-order valence-corrected chi connectivity index (χ0v) is 21.8. The van der Waals surface area contributed by atoms with Gasteiger partial charge >= 0.3 is 5.97 Å². The molecule has 0 saturated carbocycles. The van der Waals surface area contributed by atoms with Crippen molar-refractivity contribution in [3.63, 3.8) is 0 Å². The Balaban J connectivity index is 1.36. The first-order valence-corrected chi connectivity index (χ1v) is 13.3. The Bertz CT molecular complexity index is 1710. The second-order valence-electron chi connectivity index (χ2n) is 9.20. The molecule has 198 valence electrons. The molecule has 0 saturated heterocycles. The zero-order chi connectivity index (χ0) is 27.5. The van der Waals surface area contributed by atoms with Crippen molar-refractivity contribution in [3.8, 4) is 5.75 Å². The Hall–Kier alpha value is -4.34. The zero-order valence-electron chi connectivity index (χ0n) is 21.0. The van der Waals surface area contributed by atoms with Crippen molar-refractivity contribution in [2.75, 3.05) is 4.31 Å². The number of aromatic nitrogens is 1. The van der Waals surface area contributed by atoms with Crippen LogP contribution in [-0.4, -0.2) is 30.9 Å². The van der Waals surface area contributed by atoms with Gasteiger partial charge in [0.05, 0.1) is 22.5 Å². The van der Waals surface area contributed by atoms with E-state index >= 15 is 0 Å². The van der Waals surface area contributed by atoms with E-state index in [1.807, 2.05) is 60.7 Å². The molecule has 0 fully saturated rings. The van der Waals surface area contributed by atoms with Crippen LogP contribution in [0.4, 0.5) is 10.1 Å². The Morgan fingerprint density at radius 1 is 0.974 bits per heavy atom. The minimum absolute atomic E-state index is 0.0952. The lowest BCUT2D eigenvalue weighted by Gasteiger charge is -2.27. The van der Waals surface area contributed by atoms with E-state index in [4.69, 9.17) is 9.84 Å². The molecule has 1 heterocycles. The lowest BCUT2D eigenvalue weighted by atomic mass is 10.0. The summed E-state index contributed by atoms with van der Waals surface area (Å²) in [6, 6.07) is 25.9. The van der Waals surface area contributed by atoms with Crippen molar-refractivity contribution in [2.45, 2.75) is 26.0 Å². The summed E-state index contributed by atoms with van der Waals surface area (Å²) in [6.07, 6.45) is 0.0952. The average molecular weight is 545 g/mol. The molecular formula is C30H25FN2O5S. The predicted molar refractivity (Wildman–Crippen MR) is 150 cm³/mol. The second-order valence-corrected chi connectivity index (χ2v) is 10.1. The number of aromatic carboxylic acids is 1. The molecule has 0 spiro atoms. The van der Waals surface area contributed by atoms with E-state index < -0.39 is 29.1 Å². The van der Waals surface area contributed by atoms with Crippen LogP contribution >= 0.6 is 0 Å². The molecule has 1 aromatic heterocycles. The summed E-state index contributed by atoms with van der Waals surface area (Å²) in [6.45, 7) is 1.99. The van der Waals surface area contributed by atoms with Gasteiger partial charge in [-0.15, -0.1) is 0 Å². The molecule has 0 amide bonds. The van der Waals surface area contributed by atoms with E-state index in [1.165, 1.54) is 16.4 Å². The number of rotatable bonds is 9. The number of benzene rings is 4. The Morgan fingerprint density at radius 2 is 1.74 bits per heavy atom. The van der Waals surface area contributed by atoms with Crippen LogP contribution in [0.15, 0.2) is 91.0 Å². The molecule has 2 unspecified atom stereocenters. The Labute approximate surface area is 226 Å². The lowest BCUT2D eigenvalue weighted by molar-refractivity contribution is 0.0696. The number of carbonyl (C=O) groups is 1. The minimum atomic E-state index is -2.39. The number of carboxylic acid groups (broad SMARTS) is 1. The predicted octanol–water partition coefficient (Wildman–Crippen LogP) is 6.38. The normalized spacial score (nSPS) is 12.8. The van der Waals surface area contributed by atoms with Crippen LogP contribution in [0.25, 0.3) is 21.7 Å². The lowest BCUT2D eigenvalue weighted by Crippen LogP contribution is -2.36. The first-order valence-electron chi connectivity index (χ1n) is 12.2. The number of fused-ring (bicyclic) bond motifs is 2. The van der Waals surface area contributed by atoms with Gasteiger partial charge in [0.1, 0.15) is 18.2 Å². The molecular weight excluding hydrogens is 519 g/mol. The molecule has 9 heteroatoms. The van der Waals surface area contributed by atoms with Crippen molar-refractivity contribution in [1.29, 1.82) is 0 Å². The molecule has 2 atom stereocenters. The average Bonchev–Trinajstić information content (AvgIpc) is 2.92. The van der Waals surface area contributed by atoms with E-state index in [-0.39, 0.29) is 24.2 Å². The van der Waals surface area contributed by atoms with E-state index in [0.29, 0.717) is 11.4 Å². The quantitative estimate of drug-likeness (QED) is 0.209. The number of nitrogens with zero attached hydrogens (tertiary/aromatic N) is 2. The van der Waals surface area contributed by atoms with Gasteiger partial charge in [-0.2, -0.15) is 0 Å². The topological polar surface area (TPSA) is 100.0 Å². The summed E-state index contributed by atoms with van der Waals surface area (Å²) in [7, 11) is 0. The van der Waals surface area contributed by atoms with E-state index in [2.05, 4.69) is 4.98 Å². The fourth-order valence-corrected chi connectivity index (χ4v) is 5.21. The number of ether oxygens (including phenoxy) is 1. The standard InChI is InChI=1S/C30H25FN2O5S/c1-19(14-22-6-7-23(30(34)35)17-28(22)31)33(39(36)37)26-12-9-20-10-13-27(16-24(20)15-26)38-18-25-11-8-21-4-2-3-5-29(21)32-25/h2-13,15-17,19H,14,18H2,1H3,(H,34,35)(H,36,37). The number of carboxylic acids is 1. The van der Waals surface area contributed by atoms with Crippen molar-refractivity contribution < 1.29 is 27.8 Å². The van der Waals surface area contributed by atoms with Crippen molar-refractivity contribution in [3.05, 3.63) is 114 Å². The molecule has 7 nitrogen and oxygen atoms in total. The number of para-hydroxylation sites is 1. The van der Waals surface area contributed by atoms with Crippen molar-refractivity contribution in [2.24, 2.45) is 0 Å². The highest BCUT2D eigenvalue weighted by Crippen LogP contribution is 2.29. The molecule has 0 bridgehead atoms. The summed E-state index contributed by atoms with van der Waals surface area (Å²) < 4.78 is 44.3. The maximum Gasteiger partial charge on any atom is 0.335 e. The van der Waals surface area contributed by atoms with Gasteiger partial charge in [0, 0.05) is 11.4 Å². The van der Waals surface area contributed by atoms with Crippen LogP contribution in [0.1, 0.15) is 28.5 Å². The first kappa shape index (κ1) is 26.3. The van der Waals surface area contributed by atoms with Crippen LogP contribution in [0, 0.1) is 5.82 Å². The highest BCUT2D eigenvalue weighted by molar-refractivity contribution is 7.80. The van der Waals surface area contributed by atoms with Gasteiger partial charge in [0.25, 0.3) is 11.3 Å². The van der Waals surface area contributed by atoms with Crippen LogP contribution in [-0.2, 0) is 24.3 Å². The third kappa shape index (κ3) is 5.89. The minimum Gasteiger partial charge on any atom is -0.487 e. The third-order valence-corrected chi connectivity index (χ3v) is 7.38. The number of anilines is 1. The van der Waals surface area contributed by atoms with Gasteiger partial charge in [-0.3, -0.25) is 8.86 Å². The largest absolute Gasteiger partial charge is 0.487 e. The third-order valence-electron chi connectivity index (χ3n) is 6.48. The molecule has 4 aromatic carbocycles. The first-order chi connectivity index (χ1) is 18.8. The second kappa shape index (κ2) is 11.2. The van der Waals surface area contributed by atoms with Crippen LogP contribution in [0.2, 0.25) is 0 Å². The van der Waals surface area contributed by atoms with E-state index in [0.717, 1.165) is 33.4 Å². The molecule has 39 heavy (non-hydrogen) atoms. The maximum atomic E-state index is 14.5. The summed E-state index contributed by atoms with van der Waals surface area (Å²) in [5, 5.41) is 11.8. The molecule has 2 N–H and O–H groups in total. The smallest absolute Gasteiger partial charge is 0.335 e. The highest BCUT2D eigenvalue weighted by Gasteiger charge is 2.22. The fraction of sp³-hybridized carbons (Fsp3) is 0.133. The molecule has 0 aliphatic rings. The summed E-state index contributed by atoms with van der Waals surface area (Å²) in [5.41, 5.74) is 2.26. The molecule has 5 rings (SSSR count). The molecule has 5 aromatic rings. The molecule has 0 radical (unpaired) electrons. The summed E-state index contributed by atoms with van der Waals surface area (Å²) in [4.78, 5) is 15.7. The van der Waals surface area contributed by atoms with Gasteiger partial charge in [-0.25, -0.2) is 18.4 Å². The van der Waals surface area contributed by atoms with Crippen LogP contribution in [0.3, 0.4) is 0 Å². The monoisotopic (exact) mass is 544 g/mol. The highest BCUT2D eigenvalue weighted by atomic mass is 32.2. The van der Waals surface area contributed by atoms with Gasteiger partial charge in [-0.1, -0.05) is 42.5 Å². The van der Waals surface area contributed by atoms with Gasteiger partial charge < -0.3 is 9.84 Å². The van der Waals surface area contributed by atoms with Gasteiger partial charge in [-0.05, 0) is 78.2 Å². The van der Waals surface area contributed by atoms with E-state index in [9.17, 15) is 17.9 Å². The summed E-state index contributed by atoms with van der Waals surface area (Å²) >= 11 is -2.39. The van der Waals surface area contributed by atoms with Crippen molar-refractivity contribution >= 4 is 44.6 Å². The number of pyridine rings is 1. The van der Waals surface area contributed by atoms with E-state index in [1.54, 1.807) is 19.1 Å². The number of hydrogen-bond donors (Lipinski definition) is 2. The fourth-order valence-electron chi connectivity index (χ4n) is 4.53. The Morgan fingerprint density at radius 3 is 2.51 bits per heavy atom. The van der Waals surface area contributed by atoms with Crippen LogP contribution in [0.5, 0.6) is 5.75 Å². The molecule has 0 aliphatic carbocycles. The molecule has 0 aliphatic heterocycles. The maximum absolute atomic E-state index is 14.5. The van der Waals surface area contributed by atoms with Crippen molar-refractivity contribution in [1.82, 2.24) is 4.98 Å².